The fraction of sp³-hybridized carbons (Fsp3) is 0.0588. The van der Waals surface area contributed by atoms with Crippen LogP contribution in [-0.4, -0.2) is 18.4 Å². The number of nitrogens with zero attached hydrogens (tertiary/aromatic N) is 1. The molecule has 0 spiro atoms. The Labute approximate surface area is 127 Å². The number of hydrogen-bond acceptors (Lipinski definition) is 4. The lowest BCUT2D eigenvalue weighted by Crippen LogP contribution is -1.91. The fourth-order valence-electron chi connectivity index (χ4n) is 2.06. The normalized spacial score (nSPS) is 10.5. The Bertz CT molecular complexity index is 802. The fourth-order valence-corrected chi connectivity index (χ4v) is 2.97. The van der Waals surface area contributed by atoms with Crippen molar-refractivity contribution in [2.24, 2.45) is 0 Å². The van der Waals surface area contributed by atoms with Gasteiger partial charge in [-0.05, 0) is 30.3 Å². The number of benzene rings is 2. The van der Waals surface area contributed by atoms with Crippen LogP contribution in [0.25, 0.3) is 10.9 Å². The van der Waals surface area contributed by atoms with Gasteiger partial charge in [-0.2, -0.15) is 0 Å². The van der Waals surface area contributed by atoms with Crippen LogP contribution >= 0.6 is 11.8 Å². The Hall–Kier alpha value is -2.33. The largest absolute Gasteiger partial charge is 0.497 e. The predicted octanol–water partition coefficient (Wildman–Crippen LogP) is 4.21. The van der Waals surface area contributed by atoms with Crippen LogP contribution in [0.15, 0.2) is 64.5 Å². The molecule has 104 valence electrons. The zero-order chi connectivity index (χ0) is 14.7. The van der Waals surface area contributed by atoms with Crippen LogP contribution in [0.2, 0.25) is 0 Å². The van der Waals surface area contributed by atoms with Crippen molar-refractivity contribution < 1.29 is 9.53 Å². The molecular weight excluding hydrogens is 282 g/mol. The van der Waals surface area contributed by atoms with Gasteiger partial charge >= 0.3 is 0 Å². The Kier molecular flexibility index (Phi) is 3.88. The summed E-state index contributed by atoms with van der Waals surface area (Å²) in [6.45, 7) is 0. The standard InChI is InChI=1S/C17H13NO2S/c1-20-14-6-4-7-15(10-14)21-17-13(11-19)9-12-5-2-3-8-16(12)18-17/h2-11H,1H3. The molecule has 0 bridgehead atoms. The first kappa shape index (κ1) is 13.6. The minimum absolute atomic E-state index is 0.599. The summed E-state index contributed by atoms with van der Waals surface area (Å²) in [5.41, 5.74) is 1.48. The molecule has 2 aromatic carbocycles. The highest BCUT2D eigenvalue weighted by atomic mass is 32.2. The van der Waals surface area contributed by atoms with Gasteiger partial charge in [0.2, 0.25) is 0 Å². The first-order valence-corrected chi connectivity index (χ1v) is 7.28. The van der Waals surface area contributed by atoms with E-state index in [-0.39, 0.29) is 0 Å². The number of pyridine rings is 1. The third kappa shape index (κ3) is 2.90. The van der Waals surface area contributed by atoms with E-state index >= 15 is 0 Å². The van der Waals surface area contributed by atoms with Gasteiger partial charge in [-0.1, -0.05) is 36.0 Å². The topological polar surface area (TPSA) is 39.2 Å². The van der Waals surface area contributed by atoms with Crippen molar-refractivity contribution in [1.29, 1.82) is 0 Å². The second-order valence-corrected chi connectivity index (χ2v) is 5.54. The Balaban J connectivity index is 2.04. The van der Waals surface area contributed by atoms with E-state index in [0.29, 0.717) is 10.6 Å². The minimum Gasteiger partial charge on any atom is -0.497 e. The first-order valence-electron chi connectivity index (χ1n) is 6.47. The highest BCUT2D eigenvalue weighted by Crippen LogP contribution is 2.32. The molecule has 0 fully saturated rings. The highest BCUT2D eigenvalue weighted by Gasteiger charge is 2.08. The molecule has 0 aliphatic heterocycles. The van der Waals surface area contributed by atoms with E-state index in [1.54, 1.807) is 7.11 Å². The molecule has 0 N–H and O–H groups in total. The molecule has 0 saturated carbocycles. The molecule has 0 saturated heterocycles. The van der Waals surface area contributed by atoms with E-state index in [1.165, 1.54) is 11.8 Å². The van der Waals surface area contributed by atoms with E-state index in [0.717, 1.165) is 27.8 Å². The lowest BCUT2D eigenvalue weighted by atomic mass is 10.2. The van der Waals surface area contributed by atoms with Gasteiger partial charge in [0.15, 0.2) is 6.29 Å². The van der Waals surface area contributed by atoms with Crippen molar-refractivity contribution in [3.63, 3.8) is 0 Å². The molecule has 21 heavy (non-hydrogen) atoms. The van der Waals surface area contributed by atoms with E-state index in [1.807, 2.05) is 54.6 Å². The predicted molar refractivity (Wildman–Crippen MR) is 84.2 cm³/mol. The smallest absolute Gasteiger partial charge is 0.152 e. The molecule has 3 aromatic rings. The lowest BCUT2D eigenvalue weighted by Gasteiger charge is -2.07. The van der Waals surface area contributed by atoms with Crippen LogP contribution in [0.1, 0.15) is 10.4 Å². The van der Waals surface area contributed by atoms with Gasteiger partial charge in [-0.15, -0.1) is 0 Å². The molecule has 0 aliphatic carbocycles. The molecule has 0 aliphatic rings. The van der Waals surface area contributed by atoms with Gasteiger partial charge in [0.25, 0.3) is 0 Å². The number of fused-ring (bicyclic) bond motifs is 1. The van der Waals surface area contributed by atoms with Crippen LogP contribution < -0.4 is 4.74 Å². The van der Waals surface area contributed by atoms with Crippen molar-refractivity contribution in [1.82, 2.24) is 4.98 Å². The third-order valence-corrected chi connectivity index (χ3v) is 4.11. The molecule has 4 heteroatoms. The van der Waals surface area contributed by atoms with Crippen LogP contribution in [0.4, 0.5) is 0 Å². The van der Waals surface area contributed by atoms with E-state index in [2.05, 4.69) is 4.98 Å². The number of aromatic nitrogens is 1. The molecule has 0 amide bonds. The summed E-state index contributed by atoms with van der Waals surface area (Å²) in [5.74, 6) is 0.786. The van der Waals surface area contributed by atoms with Gasteiger partial charge in [-0.25, -0.2) is 4.98 Å². The second-order valence-electron chi connectivity index (χ2n) is 4.47. The van der Waals surface area contributed by atoms with Gasteiger partial charge in [-0.3, -0.25) is 4.79 Å². The van der Waals surface area contributed by atoms with Crippen LogP contribution in [0.5, 0.6) is 5.75 Å². The maximum Gasteiger partial charge on any atom is 0.152 e. The average molecular weight is 295 g/mol. The number of ether oxygens (including phenoxy) is 1. The Morgan fingerprint density at radius 2 is 1.95 bits per heavy atom. The van der Waals surface area contributed by atoms with Crippen molar-refractivity contribution in [2.75, 3.05) is 7.11 Å². The van der Waals surface area contributed by atoms with Gasteiger partial charge in [0, 0.05) is 15.8 Å². The minimum atomic E-state index is 0.599. The van der Waals surface area contributed by atoms with Crippen molar-refractivity contribution in [3.8, 4) is 5.75 Å². The number of methoxy groups -OCH3 is 1. The number of carbonyl (C=O) groups is 1. The zero-order valence-corrected chi connectivity index (χ0v) is 12.3. The zero-order valence-electron chi connectivity index (χ0n) is 11.4. The molecule has 0 atom stereocenters. The van der Waals surface area contributed by atoms with E-state index in [9.17, 15) is 4.79 Å². The Morgan fingerprint density at radius 1 is 1.10 bits per heavy atom. The van der Waals surface area contributed by atoms with E-state index in [4.69, 9.17) is 4.74 Å². The van der Waals surface area contributed by atoms with Crippen LogP contribution in [0.3, 0.4) is 0 Å². The number of aldehydes is 1. The molecular formula is C17H13NO2S. The van der Waals surface area contributed by atoms with Crippen LogP contribution in [0, 0.1) is 0 Å². The maximum absolute atomic E-state index is 11.3. The molecule has 0 unspecified atom stereocenters. The summed E-state index contributed by atoms with van der Waals surface area (Å²) in [6, 6.07) is 17.4. The van der Waals surface area contributed by atoms with Gasteiger partial charge in [0.05, 0.1) is 12.6 Å². The lowest BCUT2D eigenvalue weighted by molar-refractivity contribution is 0.112. The molecule has 1 heterocycles. The Morgan fingerprint density at radius 3 is 2.76 bits per heavy atom. The molecule has 1 aromatic heterocycles. The summed E-state index contributed by atoms with van der Waals surface area (Å²) in [5, 5.41) is 1.67. The number of rotatable bonds is 4. The number of hydrogen-bond donors (Lipinski definition) is 0. The number of para-hydroxylation sites is 1. The third-order valence-electron chi connectivity index (χ3n) is 3.10. The van der Waals surface area contributed by atoms with E-state index < -0.39 is 0 Å². The number of carbonyl (C=O) groups excluding carboxylic acids is 1. The van der Waals surface area contributed by atoms with Crippen molar-refractivity contribution in [2.45, 2.75) is 9.92 Å². The summed E-state index contributed by atoms with van der Waals surface area (Å²) >= 11 is 1.46. The monoisotopic (exact) mass is 295 g/mol. The first-order chi connectivity index (χ1) is 10.3. The van der Waals surface area contributed by atoms with Gasteiger partial charge in [0.1, 0.15) is 10.8 Å². The summed E-state index contributed by atoms with van der Waals surface area (Å²) in [6.07, 6.45) is 0.849. The maximum atomic E-state index is 11.3. The molecule has 3 rings (SSSR count). The molecule has 3 nitrogen and oxygen atoms in total. The highest BCUT2D eigenvalue weighted by molar-refractivity contribution is 7.99. The second kappa shape index (κ2) is 5.97. The van der Waals surface area contributed by atoms with Crippen molar-refractivity contribution >= 4 is 29.0 Å². The summed E-state index contributed by atoms with van der Waals surface area (Å²) in [4.78, 5) is 16.9. The van der Waals surface area contributed by atoms with Crippen LogP contribution in [-0.2, 0) is 0 Å². The molecule has 0 radical (unpaired) electrons. The summed E-state index contributed by atoms with van der Waals surface area (Å²) in [7, 11) is 1.63. The van der Waals surface area contributed by atoms with Gasteiger partial charge < -0.3 is 4.74 Å². The average Bonchev–Trinajstić information content (AvgIpc) is 2.54. The summed E-state index contributed by atoms with van der Waals surface area (Å²) < 4.78 is 5.22. The quantitative estimate of drug-likeness (QED) is 0.676. The SMILES string of the molecule is COc1cccc(Sc2nc3ccccc3cc2C=O)c1. The van der Waals surface area contributed by atoms with Crippen molar-refractivity contribution in [3.05, 3.63) is 60.2 Å².